The van der Waals surface area contributed by atoms with Crippen LogP contribution in [0.2, 0.25) is 0 Å². The first-order chi connectivity index (χ1) is 15.2. The van der Waals surface area contributed by atoms with Crippen molar-refractivity contribution in [3.63, 3.8) is 0 Å². The first-order valence-corrected chi connectivity index (χ1v) is 9.79. The number of hydrogen-bond acceptors (Lipinski definition) is 7. The second kappa shape index (κ2) is 6.44. The number of carbonyl (C=O) groups excluding carboxylic acids is 2. The molecule has 0 saturated carbocycles. The average Bonchev–Trinajstić information content (AvgIpc) is 3.12. The molecule has 3 aromatic rings. The molecule has 0 fully saturated rings. The van der Waals surface area contributed by atoms with Gasteiger partial charge in [-0.05, 0) is 49.2 Å². The van der Waals surface area contributed by atoms with Crippen molar-refractivity contribution in [2.24, 2.45) is 0 Å². The number of amides is 1. The SMILES string of the molecule is Cc1cc2c(cc1C)C1(NC(=O)c3cccnc3)C(=O)c3c([N+](=O)[O-])cccc3C1(O)O2. The number of nitrogens with zero attached hydrogens (tertiary/aromatic N) is 2. The van der Waals surface area contributed by atoms with Crippen LogP contribution in [0, 0.1) is 24.0 Å². The zero-order chi connectivity index (χ0) is 22.8. The van der Waals surface area contributed by atoms with E-state index in [0.717, 1.165) is 11.1 Å². The first kappa shape index (κ1) is 19.8. The van der Waals surface area contributed by atoms with Gasteiger partial charge in [-0.3, -0.25) is 24.7 Å². The lowest BCUT2D eigenvalue weighted by atomic mass is 9.81. The summed E-state index contributed by atoms with van der Waals surface area (Å²) in [6, 6.07) is 10.3. The van der Waals surface area contributed by atoms with Gasteiger partial charge in [-0.25, -0.2) is 0 Å². The molecule has 32 heavy (non-hydrogen) atoms. The maximum Gasteiger partial charge on any atom is 0.280 e. The molecule has 0 bridgehead atoms. The second-order valence-electron chi connectivity index (χ2n) is 7.91. The Labute approximate surface area is 181 Å². The number of ketones is 1. The smallest absolute Gasteiger partial charge is 0.280 e. The van der Waals surface area contributed by atoms with Crippen molar-refractivity contribution < 1.29 is 24.4 Å². The third-order valence-corrected chi connectivity index (χ3v) is 6.16. The van der Waals surface area contributed by atoms with Crippen molar-refractivity contribution >= 4 is 17.4 Å². The van der Waals surface area contributed by atoms with Crippen molar-refractivity contribution in [3.8, 4) is 5.75 Å². The molecule has 2 unspecified atom stereocenters. The summed E-state index contributed by atoms with van der Waals surface area (Å²) < 4.78 is 5.91. The van der Waals surface area contributed by atoms with Gasteiger partial charge in [-0.2, -0.15) is 0 Å². The van der Waals surface area contributed by atoms with E-state index >= 15 is 0 Å². The number of nitro benzene ring substituents is 1. The highest BCUT2D eigenvalue weighted by atomic mass is 16.6. The maximum atomic E-state index is 13.9. The third-order valence-electron chi connectivity index (χ3n) is 6.16. The summed E-state index contributed by atoms with van der Waals surface area (Å²) in [7, 11) is 0. The lowest BCUT2D eigenvalue weighted by Gasteiger charge is -2.34. The number of aromatic nitrogens is 1. The largest absolute Gasteiger partial charge is 0.454 e. The monoisotopic (exact) mass is 431 g/mol. The van der Waals surface area contributed by atoms with Crippen LogP contribution < -0.4 is 10.1 Å². The summed E-state index contributed by atoms with van der Waals surface area (Å²) in [6.45, 7) is 3.66. The van der Waals surface area contributed by atoms with Gasteiger partial charge >= 0.3 is 0 Å². The molecular formula is C23H17N3O6. The molecule has 2 atom stereocenters. The van der Waals surface area contributed by atoms with E-state index in [1.807, 2.05) is 13.8 Å². The number of aliphatic hydroxyl groups is 1. The highest BCUT2D eigenvalue weighted by Gasteiger charge is 2.73. The quantitative estimate of drug-likeness (QED) is 0.481. The Morgan fingerprint density at radius 1 is 1.16 bits per heavy atom. The summed E-state index contributed by atoms with van der Waals surface area (Å²) in [4.78, 5) is 41.9. The normalized spacial score (nSPS) is 22.5. The number of hydrogen-bond donors (Lipinski definition) is 2. The van der Waals surface area contributed by atoms with Crippen LogP contribution in [-0.2, 0) is 11.3 Å². The molecule has 0 saturated heterocycles. The standard InChI is InChI=1S/C23H17N3O6/c1-12-9-16-18(10-13(12)2)32-23(29)15-6-3-7-17(26(30)31)19(15)20(27)22(16,23)25-21(28)14-5-4-8-24-11-14/h3-11,29H,1-2H3,(H,25,28). The molecule has 1 aliphatic heterocycles. The molecule has 160 valence electrons. The number of fused-ring (bicyclic) bond motifs is 5. The second-order valence-corrected chi connectivity index (χ2v) is 7.91. The molecule has 9 heteroatoms. The zero-order valence-corrected chi connectivity index (χ0v) is 17.1. The lowest BCUT2D eigenvalue weighted by molar-refractivity contribution is -0.385. The summed E-state index contributed by atoms with van der Waals surface area (Å²) in [5.74, 6) is -3.66. The minimum absolute atomic E-state index is 0.0744. The van der Waals surface area contributed by atoms with E-state index in [-0.39, 0.29) is 28.0 Å². The highest BCUT2D eigenvalue weighted by Crippen LogP contribution is 2.59. The van der Waals surface area contributed by atoms with Gasteiger partial charge in [0.2, 0.25) is 11.3 Å². The predicted molar refractivity (Wildman–Crippen MR) is 111 cm³/mol. The molecule has 0 radical (unpaired) electrons. The number of Topliss-reactive ketones (excluding diaryl/α,β-unsaturated/α-hetero) is 1. The van der Waals surface area contributed by atoms with Crippen molar-refractivity contribution in [3.05, 3.63) is 98.4 Å². The molecular weight excluding hydrogens is 414 g/mol. The Morgan fingerprint density at radius 3 is 2.59 bits per heavy atom. The Bertz CT molecular complexity index is 1340. The van der Waals surface area contributed by atoms with Crippen LogP contribution in [-0.4, -0.2) is 26.7 Å². The van der Waals surface area contributed by atoms with Crippen LogP contribution in [0.3, 0.4) is 0 Å². The van der Waals surface area contributed by atoms with Gasteiger partial charge in [0.15, 0.2) is 0 Å². The molecule has 2 heterocycles. The Kier molecular flexibility index (Phi) is 3.99. The first-order valence-electron chi connectivity index (χ1n) is 9.79. The van der Waals surface area contributed by atoms with E-state index in [1.165, 1.54) is 36.7 Å². The van der Waals surface area contributed by atoms with Crippen molar-refractivity contribution in [1.29, 1.82) is 0 Å². The van der Waals surface area contributed by atoms with Crippen LogP contribution in [0.4, 0.5) is 5.69 Å². The van der Waals surface area contributed by atoms with Crippen molar-refractivity contribution in [2.75, 3.05) is 0 Å². The molecule has 0 spiro atoms. The molecule has 1 amide bonds. The number of rotatable bonds is 3. The Hall–Kier alpha value is -4.11. The number of pyridine rings is 1. The van der Waals surface area contributed by atoms with Gasteiger partial charge in [0, 0.05) is 29.6 Å². The number of ether oxygens (including phenoxy) is 1. The van der Waals surface area contributed by atoms with Gasteiger partial charge in [0.05, 0.1) is 10.5 Å². The molecule has 2 aliphatic rings. The Balaban J connectivity index is 1.79. The number of carbonyl (C=O) groups is 2. The predicted octanol–water partition coefficient (Wildman–Crippen LogP) is 2.67. The fourth-order valence-electron chi connectivity index (χ4n) is 4.47. The van der Waals surface area contributed by atoms with E-state index in [0.29, 0.717) is 0 Å². The fraction of sp³-hybridized carbons (Fsp3) is 0.174. The van der Waals surface area contributed by atoms with E-state index in [9.17, 15) is 24.8 Å². The molecule has 2 aromatic carbocycles. The van der Waals surface area contributed by atoms with Crippen LogP contribution in [0.15, 0.2) is 54.9 Å². The van der Waals surface area contributed by atoms with E-state index < -0.39 is 33.6 Å². The lowest BCUT2D eigenvalue weighted by Crippen LogP contribution is -2.60. The Morgan fingerprint density at radius 2 is 1.91 bits per heavy atom. The summed E-state index contributed by atoms with van der Waals surface area (Å²) in [5, 5.41) is 26.1. The molecule has 1 aliphatic carbocycles. The average molecular weight is 431 g/mol. The topological polar surface area (TPSA) is 132 Å². The van der Waals surface area contributed by atoms with Gasteiger partial charge in [-0.15, -0.1) is 0 Å². The zero-order valence-electron chi connectivity index (χ0n) is 17.1. The molecule has 2 N–H and O–H groups in total. The fourth-order valence-corrected chi connectivity index (χ4v) is 4.47. The summed E-state index contributed by atoms with van der Waals surface area (Å²) >= 11 is 0. The van der Waals surface area contributed by atoms with Crippen LogP contribution in [0.25, 0.3) is 0 Å². The van der Waals surface area contributed by atoms with Gasteiger partial charge in [0.1, 0.15) is 11.3 Å². The molecule has 5 rings (SSSR count). The minimum atomic E-state index is -2.37. The van der Waals surface area contributed by atoms with E-state index in [2.05, 4.69) is 10.3 Å². The van der Waals surface area contributed by atoms with Gasteiger partial charge < -0.3 is 15.2 Å². The van der Waals surface area contributed by atoms with Crippen molar-refractivity contribution in [1.82, 2.24) is 10.3 Å². The number of nitro groups is 1. The van der Waals surface area contributed by atoms with E-state index in [4.69, 9.17) is 4.74 Å². The summed E-state index contributed by atoms with van der Waals surface area (Å²) in [5.41, 5.74) is -0.917. The van der Waals surface area contributed by atoms with Crippen LogP contribution >= 0.6 is 0 Å². The van der Waals surface area contributed by atoms with Gasteiger partial charge in [-0.1, -0.05) is 12.1 Å². The minimum Gasteiger partial charge on any atom is -0.454 e. The number of aryl methyl sites for hydroxylation is 2. The maximum absolute atomic E-state index is 13.9. The van der Waals surface area contributed by atoms with Crippen LogP contribution in [0.5, 0.6) is 5.75 Å². The van der Waals surface area contributed by atoms with Crippen molar-refractivity contribution in [2.45, 2.75) is 25.2 Å². The third kappa shape index (κ3) is 2.33. The molecule has 9 nitrogen and oxygen atoms in total. The number of nitrogens with one attached hydrogen (secondary N) is 1. The van der Waals surface area contributed by atoms with E-state index in [1.54, 1.807) is 18.2 Å². The number of benzene rings is 2. The summed E-state index contributed by atoms with van der Waals surface area (Å²) in [6.07, 6.45) is 2.81. The molecule has 1 aromatic heterocycles. The van der Waals surface area contributed by atoms with Crippen LogP contribution in [0.1, 0.15) is 43.0 Å². The highest BCUT2D eigenvalue weighted by molar-refractivity contribution is 6.15. The van der Waals surface area contributed by atoms with Gasteiger partial charge in [0.25, 0.3) is 17.4 Å².